The molecular formula is C14H26N2O2. The SMILES string of the molecule is CCC(C)C1NCN(CCOC2CCCC2)C1=O. The van der Waals surface area contributed by atoms with Gasteiger partial charge < -0.3 is 9.64 Å². The molecule has 2 unspecified atom stereocenters. The molecule has 2 rings (SSSR count). The summed E-state index contributed by atoms with van der Waals surface area (Å²) in [5.74, 6) is 0.664. The molecule has 0 aromatic carbocycles. The lowest BCUT2D eigenvalue weighted by Gasteiger charge is -2.19. The zero-order valence-electron chi connectivity index (χ0n) is 11.7. The van der Waals surface area contributed by atoms with Crippen LogP contribution in [0.25, 0.3) is 0 Å². The molecule has 2 fully saturated rings. The highest BCUT2D eigenvalue weighted by molar-refractivity contribution is 5.84. The van der Waals surface area contributed by atoms with Crippen LogP contribution >= 0.6 is 0 Å². The molecule has 1 N–H and O–H groups in total. The van der Waals surface area contributed by atoms with Crippen molar-refractivity contribution in [2.75, 3.05) is 19.8 Å². The quantitative estimate of drug-likeness (QED) is 0.785. The van der Waals surface area contributed by atoms with Gasteiger partial charge in [-0.2, -0.15) is 0 Å². The fourth-order valence-electron chi connectivity index (χ4n) is 2.82. The van der Waals surface area contributed by atoms with E-state index < -0.39 is 0 Å². The molecule has 0 aromatic heterocycles. The average Bonchev–Trinajstić information content (AvgIpc) is 3.00. The lowest BCUT2D eigenvalue weighted by molar-refractivity contribution is -0.130. The summed E-state index contributed by atoms with van der Waals surface area (Å²) >= 11 is 0. The highest BCUT2D eigenvalue weighted by atomic mass is 16.5. The van der Waals surface area contributed by atoms with Gasteiger partial charge in [-0.05, 0) is 18.8 Å². The topological polar surface area (TPSA) is 41.6 Å². The maximum atomic E-state index is 12.1. The van der Waals surface area contributed by atoms with Crippen LogP contribution in [-0.2, 0) is 9.53 Å². The van der Waals surface area contributed by atoms with E-state index in [4.69, 9.17) is 4.74 Å². The first-order chi connectivity index (χ1) is 8.72. The first-order valence-corrected chi connectivity index (χ1v) is 7.36. The van der Waals surface area contributed by atoms with Crippen LogP contribution in [0, 0.1) is 5.92 Å². The fraction of sp³-hybridized carbons (Fsp3) is 0.929. The number of carbonyl (C=O) groups is 1. The molecule has 0 aromatic rings. The van der Waals surface area contributed by atoms with Crippen molar-refractivity contribution < 1.29 is 9.53 Å². The van der Waals surface area contributed by atoms with Crippen LogP contribution < -0.4 is 5.32 Å². The minimum atomic E-state index is 0.0153. The Labute approximate surface area is 110 Å². The van der Waals surface area contributed by atoms with Crippen LogP contribution in [0.1, 0.15) is 46.0 Å². The van der Waals surface area contributed by atoms with Gasteiger partial charge in [0.05, 0.1) is 25.4 Å². The van der Waals surface area contributed by atoms with Gasteiger partial charge in [0.25, 0.3) is 0 Å². The second kappa shape index (κ2) is 6.53. The molecule has 4 heteroatoms. The van der Waals surface area contributed by atoms with Crippen LogP contribution in [0.5, 0.6) is 0 Å². The predicted molar refractivity (Wildman–Crippen MR) is 71.2 cm³/mol. The van der Waals surface area contributed by atoms with Gasteiger partial charge in [-0.3, -0.25) is 10.1 Å². The molecule has 2 atom stereocenters. The van der Waals surface area contributed by atoms with Gasteiger partial charge in [0, 0.05) is 6.54 Å². The monoisotopic (exact) mass is 254 g/mol. The van der Waals surface area contributed by atoms with Crippen molar-refractivity contribution in [2.45, 2.75) is 58.1 Å². The summed E-state index contributed by atoms with van der Waals surface area (Å²) in [5.41, 5.74) is 0. The second-order valence-electron chi connectivity index (χ2n) is 5.60. The molecule has 1 amide bonds. The largest absolute Gasteiger partial charge is 0.376 e. The van der Waals surface area contributed by atoms with E-state index in [2.05, 4.69) is 19.2 Å². The van der Waals surface area contributed by atoms with Crippen molar-refractivity contribution in [1.29, 1.82) is 0 Å². The van der Waals surface area contributed by atoms with Gasteiger partial charge in [0.2, 0.25) is 5.91 Å². The number of hydrogen-bond donors (Lipinski definition) is 1. The fourth-order valence-corrected chi connectivity index (χ4v) is 2.82. The molecule has 1 saturated carbocycles. The van der Waals surface area contributed by atoms with Crippen molar-refractivity contribution in [3.05, 3.63) is 0 Å². The van der Waals surface area contributed by atoms with E-state index in [0.29, 0.717) is 25.3 Å². The smallest absolute Gasteiger partial charge is 0.241 e. The summed E-state index contributed by atoms with van der Waals surface area (Å²) in [4.78, 5) is 14.0. The second-order valence-corrected chi connectivity index (χ2v) is 5.60. The van der Waals surface area contributed by atoms with Crippen molar-refractivity contribution in [2.24, 2.45) is 5.92 Å². The summed E-state index contributed by atoms with van der Waals surface area (Å²) in [5, 5.41) is 3.31. The van der Waals surface area contributed by atoms with E-state index in [0.717, 1.165) is 13.0 Å². The minimum Gasteiger partial charge on any atom is -0.376 e. The number of carbonyl (C=O) groups excluding carboxylic acids is 1. The van der Waals surface area contributed by atoms with E-state index in [1.165, 1.54) is 25.7 Å². The Morgan fingerprint density at radius 1 is 1.44 bits per heavy atom. The van der Waals surface area contributed by atoms with Crippen LogP contribution in [-0.4, -0.2) is 42.8 Å². The summed E-state index contributed by atoms with van der Waals surface area (Å²) in [6.07, 6.45) is 6.47. The molecule has 1 aliphatic carbocycles. The first kappa shape index (κ1) is 13.8. The summed E-state index contributed by atoms with van der Waals surface area (Å²) in [6, 6.07) is 0.0153. The molecule has 1 saturated heterocycles. The number of hydrogen-bond acceptors (Lipinski definition) is 3. The Morgan fingerprint density at radius 2 is 2.17 bits per heavy atom. The standard InChI is InChI=1S/C14H26N2O2/c1-3-11(2)13-14(17)16(10-15-13)8-9-18-12-6-4-5-7-12/h11-13,15H,3-10H2,1-2H3. The van der Waals surface area contributed by atoms with Crippen LogP contribution in [0.15, 0.2) is 0 Å². The van der Waals surface area contributed by atoms with Gasteiger partial charge in [-0.1, -0.05) is 33.1 Å². The molecule has 104 valence electrons. The maximum absolute atomic E-state index is 12.1. The molecule has 0 spiro atoms. The highest BCUT2D eigenvalue weighted by Gasteiger charge is 2.33. The van der Waals surface area contributed by atoms with E-state index in [-0.39, 0.29) is 11.9 Å². The van der Waals surface area contributed by atoms with Gasteiger partial charge >= 0.3 is 0 Å². The van der Waals surface area contributed by atoms with Gasteiger partial charge in [-0.25, -0.2) is 0 Å². The Balaban J connectivity index is 1.69. The zero-order valence-corrected chi connectivity index (χ0v) is 11.7. The van der Waals surface area contributed by atoms with Gasteiger partial charge in [0.15, 0.2) is 0 Å². The highest BCUT2D eigenvalue weighted by Crippen LogP contribution is 2.21. The van der Waals surface area contributed by atoms with E-state index in [1.54, 1.807) is 0 Å². The van der Waals surface area contributed by atoms with Crippen molar-refractivity contribution in [1.82, 2.24) is 10.2 Å². The van der Waals surface area contributed by atoms with Gasteiger partial charge in [-0.15, -0.1) is 0 Å². The number of rotatable bonds is 6. The normalized spacial score (nSPS) is 27.1. The van der Waals surface area contributed by atoms with Crippen LogP contribution in [0.3, 0.4) is 0 Å². The Morgan fingerprint density at radius 3 is 2.83 bits per heavy atom. The molecule has 0 radical (unpaired) electrons. The molecule has 1 aliphatic heterocycles. The molecule has 0 bridgehead atoms. The number of nitrogens with one attached hydrogen (secondary N) is 1. The Kier molecular flexibility index (Phi) is 5.01. The number of nitrogens with zero attached hydrogens (tertiary/aromatic N) is 1. The van der Waals surface area contributed by atoms with Crippen molar-refractivity contribution in [3.8, 4) is 0 Å². The summed E-state index contributed by atoms with van der Waals surface area (Å²) < 4.78 is 5.81. The average molecular weight is 254 g/mol. The van der Waals surface area contributed by atoms with E-state index >= 15 is 0 Å². The summed E-state index contributed by atoms with van der Waals surface area (Å²) in [7, 11) is 0. The van der Waals surface area contributed by atoms with E-state index in [9.17, 15) is 4.79 Å². The first-order valence-electron chi connectivity index (χ1n) is 7.36. The molecule has 4 nitrogen and oxygen atoms in total. The number of ether oxygens (including phenoxy) is 1. The lowest BCUT2D eigenvalue weighted by atomic mass is 9.99. The Bertz CT molecular complexity index is 277. The number of amides is 1. The van der Waals surface area contributed by atoms with Crippen LogP contribution in [0.2, 0.25) is 0 Å². The summed E-state index contributed by atoms with van der Waals surface area (Å²) in [6.45, 7) is 6.36. The molecule has 1 heterocycles. The van der Waals surface area contributed by atoms with E-state index in [1.807, 2.05) is 4.90 Å². The lowest BCUT2D eigenvalue weighted by Crippen LogP contribution is -2.36. The third-order valence-corrected chi connectivity index (χ3v) is 4.31. The minimum absolute atomic E-state index is 0.0153. The molecular weight excluding hydrogens is 228 g/mol. The predicted octanol–water partition coefficient (Wildman–Crippen LogP) is 1.75. The third-order valence-electron chi connectivity index (χ3n) is 4.31. The molecule has 18 heavy (non-hydrogen) atoms. The van der Waals surface area contributed by atoms with Crippen LogP contribution in [0.4, 0.5) is 0 Å². The third kappa shape index (κ3) is 3.23. The maximum Gasteiger partial charge on any atom is 0.241 e. The van der Waals surface area contributed by atoms with Crippen molar-refractivity contribution >= 4 is 5.91 Å². The zero-order chi connectivity index (χ0) is 13.0. The Hall–Kier alpha value is -0.610. The van der Waals surface area contributed by atoms with Crippen molar-refractivity contribution in [3.63, 3.8) is 0 Å². The molecule has 2 aliphatic rings. The van der Waals surface area contributed by atoms with Gasteiger partial charge in [0.1, 0.15) is 0 Å².